The lowest BCUT2D eigenvalue weighted by atomic mass is 10.1. The van der Waals surface area contributed by atoms with Crippen molar-refractivity contribution in [3.8, 4) is 0 Å². The predicted octanol–water partition coefficient (Wildman–Crippen LogP) is 3.08. The molecule has 0 radical (unpaired) electrons. The molecule has 0 fully saturated rings. The molecule has 0 aromatic heterocycles. The van der Waals surface area contributed by atoms with Gasteiger partial charge in [0.1, 0.15) is 5.82 Å². The highest BCUT2D eigenvalue weighted by Gasteiger charge is 2.12. The first-order chi connectivity index (χ1) is 11.4. The summed E-state index contributed by atoms with van der Waals surface area (Å²) in [6.07, 6.45) is 0. The van der Waals surface area contributed by atoms with Crippen molar-refractivity contribution in [1.82, 2.24) is 10.9 Å². The van der Waals surface area contributed by atoms with Crippen LogP contribution in [-0.2, 0) is 4.79 Å². The average Bonchev–Trinajstić information content (AvgIpc) is 2.51. The Labute approximate surface area is 147 Å². The number of nitrogens with one attached hydrogen (secondary N) is 3. The first-order valence-corrected chi connectivity index (χ1v) is 8.01. The number of carbonyl (C=O) groups excluding carboxylic acids is 2. The minimum atomic E-state index is -0.722. The van der Waals surface area contributed by atoms with Gasteiger partial charge in [-0.2, -0.15) is 0 Å². The molecule has 3 N–H and O–H groups in total. The molecule has 2 rings (SSSR count). The van der Waals surface area contributed by atoms with Crippen LogP contribution in [0, 0.1) is 19.7 Å². The lowest BCUT2D eigenvalue weighted by Crippen LogP contribution is -2.44. The summed E-state index contributed by atoms with van der Waals surface area (Å²) >= 11 is 3.11. The SMILES string of the molecule is Cc1ccc(NCC(=O)NNC(=O)c2ccc(Br)cc2F)c(C)c1. The van der Waals surface area contributed by atoms with Crippen molar-refractivity contribution in [2.45, 2.75) is 13.8 Å². The molecule has 2 aromatic rings. The van der Waals surface area contributed by atoms with Crippen LogP contribution in [0.1, 0.15) is 21.5 Å². The number of halogens is 2. The maximum absolute atomic E-state index is 13.7. The number of benzene rings is 2. The van der Waals surface area contributed by atoms with Gasteiger partial charge in [-0.3, -0.25) is 20.4 Å². The smallest absolute Gasteiger partial charge is 0.272 e. The molecule has 0 aliphatic heterocycles. The second-order valence-electron chi connectivity index (χ2n) is 5.30. The minimum Gasteiger partial charge on any atom is -0.376 e. The monoisotopic (exact) mass is 393 g/mol. The molecule has 0 unspecified atom stereocenters. The first kappa shape index (κ1) is 17.9. The van der Waals surface area contributed by atoms with Crippen molar-refractivity contribution >= 4 is 33.4 Å². The molecule has 0 saturated carbocycles. The van der Waals surface area contributed by atoms with Crippen LogP contribution in [0.5, 0.6) is 0 Å². The van der Waals surface area contributed by atoms with E-state index in [1.165, 1.54) is 12.1 Å². The van der Waals surface area contributed by atoms with Crippen LogP contribution in [0.2, 0.25) is 0 Å². The van der Waals surface area contributed by atoms with Gasteiger partial charge in [-0.25, -0.2) is 4.39 Å². The van der Waals surface area contributed by atoms with E-state index in [0.29, 0.717) is 4.47 Å². The highest BCUT2D eigenvalue weighted by atomic mass is 79.9. The van der Waals surface area contributed by atoms with Gasteiger partial charge in [-0.05, 0) is 43.7 Å². The van der Waals surface area contributed by atoms with Crippen LogP contribution in [0.4, 0.5) is 10.1 Å². The summed E-state index contributed by atoms with van der Waals surface area (Å²) in [4.78, 5) is 23.6. The molecule has 0 bridgehead atoms. The first-order valence-electron chi connectivity index (χ1n) is 7.22. The van der Waals surface area contributed by atoms with Gasteiger partial charge in [0.15, 0.2) is 0 Å². The zero-order chi connectivity index (χ0) is 17.7. The molecule has 7 heteroatoms. The van der Waals surface area contributed by atoms with E-state index in [4.69, 9.17) is 0 Å². The average molecular weight is 394 g/mol. The van der Waals surface area contributed by atoms with Crippen LogP contribution in [0.15, 0.2) is 40.9 Å². The molecule has 0 aliphatic rings. The van der Waals surface area contributed by atoms with Crippen molar-refractivity contribution in [3.63, 3.8) is 0 Å². The summed E-state index contributed by atoms with van der Waals surface area (Å²) in [7, 11) is 0. The van der Waals surface area contributed by atoms with E-state index >= 15 is 0 Å². The fourth-order valence-corrected chi connectivity index (χ4v) is 2.43. The largest absolute Gasteiger partial charge is 0.376 e. The maximum atomic E-state index is 13.7. The van der Waals surface area contributed by atoms with E-state index in [0.717, 1.165) is 16.8 Å². The Morgan fingerprint density at radius 3 is 2.50 bits per heavy atom. The Hall–Kier alpha value is -2.41. The summed E-state index contributed by atoms with van der Waals surface area (Å²) < 4.78 is 14.2. The molecule has 126 valence electrons. The van der Waals surface area contributed by atoms with Gasteiger partial charge < -0.3 is 5.32 Å². The molecule has 0 atom stereocenters. The number of hydrazine groups is 1. The van der Waals surface area contributed by atoms with Gasteiger partial charge in [0.2, 0.25) is 0 Å². The van der Waals surface area contributed by atoms with E-state index in [-0.39, 0.29) is 12.1 Å². The van der Waals surface area contributed by atoms with Crippen molar-refractivity contribution in [2.24, 2.45) is 0 Å². The summed E-state index contributed by atoms with van der Waals surface area (Å²) in [6.45, 7) is 3.90. The van der Waals surface area contributed by atoms with Gasteiger partial charge in [0.25, 0.3) is 11.8 Å². The van der Waals surface area contributed by atoms with Crippen LogP contribution < -0.4 is 16.2 Å². The van der Waals surface area contributed by atoms with Crippen LogP contribution in [0.3, 0.4) is 0 Å². The van der Waals surface area contributed by atoms with E-state index in [9.17, 15) is 14.0 Å². The van der Waals surface area contributed by atoms with E-state index in [2.05, 4.69) is 32.1 Å². The Morgan fingerprint density at radius 2 is 1.83 bits per heavy atom. The Bertz CT molecular complexity index is 780. The summed E-state index contributed by atoms with van der Waals surface area (Å²) in [6, 6.07) is 9.87. The fraction of sp³-hybridized carbons (Fsp3) is 0.176. The number of carbonyl (C=O) groups is 2. The summed E-state index contributed by atoms with van der Waals surface area (Å²) in [5, 5.41) is 2.98. The highest BCUT2D eigenvalue weighted by Crippen LogP contribution is 2.16. The second-order valence-corrected chi connectivity index (χ2v) is 6.21. The zero-order valence-corrected chi connectivity index (χ0v) is 14.8. The standard InChI is InChI=1S/C17H17BrFN3O2/c1-10-3-6-15(11(2)7-10)20-9-16(23)21-22-17(24)13-5-4-12(18)8-14(13)19/h3-8,20H,9H2,1-2H3,(H,21,23)(H,22,24). The zero-order valence-electron chi connectivity index (χ0n) is 13.2. The molecule has 24 heavy (non-hydrogen) atoms. The van der Waals surface area contributed by atoms with Crippen molar-refractivity contribution < 1.29 is 14.0 Å². The lowest BCUT2D eigenvalue weighted by molar-refractivity contribution is -0.120. The number of amides is 2. The topological polar surface area (TPSA) is 70.2 Å². The third-order valence-corrected chi connectivity index (χ3v) is 3.81. The van der Waals surface area contributed by atoms with Gasteiger partial charge >= 0.3 is 0 Å². The molecule has 0 aliphatic carbocycles. The van der Waals surface area contributed by atoms with Crippen molar-refractivity contribution in [2.75, 3.05) is 11.9 Å². The van der Waals surface area contributed by atoms with Crippen LogP contribution in [-0.4, -0.2) is 18.4 Å². The number of hydrogen-bond acceptors (Lipinski definition) is 3. The summed E-state index contributed by atoms with van der Waals surface area (Å²) in [5.74, 6) is -1.84. The minimum absolute atomic E-state index is 0.0208. The third-order valence-electron chi connectivity index (χ3n) is 3.31. The van der Waals surface area contributed by atoms with Gasteiger partial charge in [-0.1, -0.05) is 33.6 Å². The Morgan fingerprint density at radius 1 is 1.08 bits per heavy atom. The van der Waals surface area contributed by atoms with Crippen LogP contribution in [0.25, 0.3) is 0 Å². The molecule has 0 heterocycles. The third kappa shape index (κ3) is 4.79. The lowest BCUT2D eigenvalue weighted by Gasteiger charge is -2.11. The van der Waals surface area contributed by atoms with E-state index < -0.39 is 17.6 Å². The van der Waals surface area contributed by atoms with Gasteiger partial charge in [-0.15, -0.1) is 0 Å². The Kier molecular flexibility index (Phi) is 5.92. The quantitative estimate of drug-likeness (QED) is 0.699. The molecule has 2 amide bonds. The van der Waals surface area contributed by atoms with E-state index in [1.807, 2.05) is 32.0 Å². The summed E-state index contributed by atoms with van der Waals surface area (Å²) in [5.41, 5.74) is 7.26. The van der Waals surface area contributed by atoms with Gasteiger partial charge in [0.05, 0.1) is 12.1 Å². The normalized spacial score (nSPS) is 10.2. The van der Waals surface area contributed by atoms with Crippen LogP contribution >= 0.6 is 15.9 Å². The van der Waals surface area contributed by atoms with E-state index in [1.54, 1.807) is 6.07 Å². The predicted molar refractivity (Wildman–Crippen MR) is 94.1 cm³/mol. The second kappa shape index (κ2) is 7.92. The number of aryl methyl sites for hydroxylation is 2. The molecule has 5 nitrogen and oxygen atoms in total. The van der Waals surface area contributed by atoms with Crippen molar-refractivity contribution in [3.05, 3.63) is 63.4 Å². The molecular formula is C17H17BrFN3O2. The molecule has 0 saturated heterocycles. The molecule has 0 spiro atoms. The number of rotatable bonds is 4. The molecule has 2 aromatic carbocycles. The van der Waals surface area contributed by atoms with Crippen molar-refractivity contribution in [1.29, 1.82) is 0 Å². The Balaban J connectivity index is 1.85. The number of anilines is 1. The van der Waals surface area contributed by atoms with Gasteiger partial charge in [0, 0.05) is 10.2 Å². The highest BCUT2D eigenvalue weighted by molar-refractivity contribution is 9.10. The maximum Gasteiger partial charge on any atom is 0.272 e. The fourth-order valence-electron chi connectivity index (χ4n) is 2.10. The number of hydrogen-bond donors (Lipinski definition) is 3. The molecular weight excluding hydrogens is 377 g/mol.